The SMILES string of the molecule is CCC(C)NC(=O)c1cc(NC(=O)Nc2c(C(C)C)cccc2C(C)C)ccc1N1CCCC1. The Kier molecular flexibility index (Phi) is 8.59. The van der Waals surface area contributed by atoms with Gasteiger partial charge in [0.25, 0.3) is 5.91 Å². The Balaban J connectivity index is 1.86. The number of benzene rings is 2. The van der Waals surface area contributed by atoms with Gasteiger partial charge in [-0.1, -0.05) is 52.8 Å². The van der Waals surface area contributed by atoms with Crippen molar-refractivity contribution in [3.05, 3.63) is 53.1 Å². The van der Waals surface area contributed by atoms with Crippen molar-refractivity contribution in [2.75, 3.05) is 28.6 Å². The minimum atomic E-state index is -0.308. The molecule has 3 rings (SSSR count). The van der Waals surface area contributed by atoms with Gasteiger partial charge in [0.05, 0.1) is 5.56 Å². The Morgan fingerprint density at radius 3 is 2.09 bits per heavy atom. The zero-order valence-electron chi connectivity index (χ0n) is 21.5. The van der Waals surface area contributed by atoms with Gasteiger partial charge in [0, 0.05) is 36.2 Å². The topological polar surface area (TPSA) is 73.5 Å². The second-order valence-corrected chi connectivity index (χ2v) is 9.91. The van der Waals surface area contributed by atoms with Gasteiger partial charge in [0.1, 0.15) is 0 Å². The van der Waals surface area contributed by atoms with Crippen LogP contribution in [0.15, 0.2) is 36.4 Å². The van der Waals surface area contributed by atoms with Crippen LogP contribution >= 0.6 is 0 Å². The van der Waals surface area contributed by atoms with Crippen molar-refractivity contribution in [2.45, 2.75) is 78.7 Å². The highest BCUT2D eigenvalue weighted by Gasteiger charge is 2.22. The average molecular weight is 465 g/mol. The quantitative estimate of drug-likeness (QED) is 0.407. The van der Waals surface area contributed by atoms with Crippen LogP contribution in [-0.2, 0) is 0 Å². The van der Waals surface area contributed by atoms with Crippen LogP contribution in [-0.4, -0.2) is 31.1 Å². The summed E-state index contributed by atoms with van der Waals surface area (Å²) in [7, 11) is 0. The number of urea groups is 1. The Morgan fingerprint density at radius 2 is 1.53 bits per heavy atom. The standard InChI is InChI=1S/C28H40N4O2/c1-7-20(6)29-27(33)24-17-21(13-14-25(24)32-15-8-9-16-32)30-28(34)31-26-22(18(2)3)11-10-12-23(26)19(4)5/h10-14,17-20H,7-9,15-16H2,1-6H3,(H,29,33)(H2,30,31,34). The van der Waals surface area contributed by atoms with Crippen LogP contribution in [0.1, 0.15) is 94.1 Å². The van der Waals surface area contributed by atoms with Gasteiger partial charge in [0.15, 0.2) is 0 Å². The second kappa shape index (κ2) is 11.4. The van der Waals surface area contributed by atoms with Crippen LogP contribution in [0.5, 0.6) is 0 Å². The minimum absolute atomic E-state index is 0.0841. The Bertz CT molecular complexity index is 983. The van der Waals surface area contributed by atoms with E-state index in [-0.39, 0.29) is 29.8 Å². The number of nitrogens with one attached hydrogen (secondary N) is 3. The third-order valence-corrected chi connectivity index (χ3v) is 6.55. The molecule has 1 fully saturated rings. The first-order valence-corrected chi connectivity index (χ1v) is 12.6. The molecule has 0 saturated carbocycles. The molecule has 1 saturated heterocycles. The number of rotatable bonds is 8. The Morgan fingerprint density at radius 1 is 0.912 bits per heavy atom. The van der Waals surface area contributed by atoms with Crippen molar-refractivity contribution in [3.8, 4) is 0 Å². The molecule has 3 amide bonds. The van der Waals surface area contributed by atoms with Gasteiger partial charge in [0.2, 0.25) is 0 Å². The number of anilines is 3. The molecule has 1 atom stereocenters. The summed E-state index contributed by atoms with van der Waals surface area (Å²) in [5, 5.41) is 9.12. The Hall–Kier alpha value is -3.02. The number of hydrogen-bond donors (Lipinski definition) is 3. The summed E-state index contributed by atoms with van der Waals surface area (Å²) in [6, 6.07) is 11.6. The largest absolute Gasteiger partial charge is 0.371 e. The molecular formula is C28H40N4O2. The normalized spacial score (nSPS) is 14.4. The molecule has 0 radical (unpaired) electrons. The fourth-order valence-corrected chi connectivity index (χ4v) is 4.40. The molecule has 6 heteroatoms. The van der Waals surface area contributed by atoms with Crippen molar-refractivity contribution in [3.63, 3.8) is 0 Å². The molecule has 6 nitrogen and oxygen atoms in total. The zero-order valence-corrected chi connectivity index (χ0v) is 21.5. The van der Waals surface area contributed by atoms with Crippen LogP contribution in [0.2, 0.25) is 0 Å². The van der Waals surface area contributed by atoms with Crippen molar-refractivity contribution >= 4 is 29.0 Å². The minimum Gasteiger partial charge on any atom is -0.371 e. The first-order chi connectivity index (χ1) is 16.2. The summed E-state index contributed by atoms with van der Waals surface area (Å²) in [5.41, 5.74) is 5.22. The van der Waals surface area contributed by atoms with E-state index >= 15 is 0 Å². The first-order valence-electron chi connectivity index (χ1n) is 12.6. The number of carbonyl (C=O) groups excluding carboxylic acids is 2. The molecule has 1 aliphatic heterocycles. The van der Waals surface area contributed by atoms with Crippen molar-refractivity contribution in [1.82, 2.24) is 5.32 Å². The Labute approximate surface area is 204 Å². The molecule has 0 bridgehead atoms. The lowest BCUT2D eigenvalue weighted by Crippen LogP contribution is -2.33. The summed E-state index contributed by atoms with van der Waals surface area (Å²) in [4.78, 5) is 28.4. The van der Waals surface area contributed by atoms with Gasteiger partial charge < -0.3 is 20.9 Å². The van der Waals surface area contributed by atoms with Gasteiger partial charge in [-0.2, -0.15) is 0 Å². The van der Waals surface area contributed by atoms with Gasteiger partial charge in [-0.25, -0.2) is 4.79 Å². The van der Waals surface area contributed by atoms with Crippen molar-refractivity contribution < 1.29 is 9.59 Å². The van der Waals surface area contributed by atoms with E-state index in [0.717, 1.165) is 54.9 Å². The van der Waals surface area contributed by atoms with Crippen LogP contribution in [0.4, 0.5) is 21.9 Å². The molecule has 2 aromatic carbocycles. The van der Waals surface area contributed by atoms with Crippen LogP contribution < -0.4 is 20.9 Å². The number of para-hydroxylation sites is 1. The maximum atomic E-state index is 13.1. The van der Waals surface area contributed by atoms with E-state index in [9.17, 15) is 9.59 Å². The molecule has 0 spiro atoms. The van der Waals surface area contributed by atoms with Crippen LogP contribution in [0.3, 0.4) is 0 Å². The number of hydrogen-bond acceptors (Lipinski definition) is 3. The predicted octanol–water partition coefficient (Wildman–Crippen LogP) is 6.71. The molecule has 2 aromatic rings. The monoisotopic (exact) mass is 464 g/mol. The van der Waals surface area contributed by atoms with E-state index in [1.807, 2.05) is 25.1 Å². The fraction of sp³-hybridized carbons (Fsp3) is 0.500. The molecular weight excluding hydrogens is 424 g/mol. The summed E-state index contributed by atoms with van der Waals surface area (Å²) in [6.07, 6.45) is 3.11. The molecule has 0 aliphatic carbocycles. The smallest absolute Gasteiger partial charge is 0.323 e. The third kappa shape index (κ3) is 6.10. The van der Waals surface area contributed by atoms with Gasteiger partial charge >= 0.3 is 6.03 Å². The fourth-order valence-electron chi connectivity index (χ4n) is 4.40. The van der Waals surface area contributed by atoms with Gasteiger partial charge in [-0.15, -0.1) is 0 Å². The lowest BCUT2D eigenvalue weighted by atomic mass is 9.93. The lowest BCUT2D eigenvalue weighted by molar-refractivity contribution is 0.0939. The van der Waals surface area contributed by atoms with Crippen LogP contribution in [0, 0.1) is 0 Å². The van der Waals surface area contributed by atoms with Gasteiger partial charge in [-0.3, -0.25) is 4.79 Å². The molecule has 0 aromatic heterocycles. The second-order valence-electron chi connectivity index (χ2n) is 9.91. The molecule has 34 heavy (non-hydrogen) atoms. The van der Waals surface area contributed by atoms with E-state index in [0.29, 0.717) is 11.3 Å². The van der Waals surface area contributed by atoms with Crippen molar-refractivity contribution in [2.24, 2.45) is 0 Å². The maximum absolute atomic E-state index is 13.1. The summed E-state index contributed by atoms with van der Waals surface area (Å²) < 4.78 is 0. The summed E-state index contributed by atoms with van der Waals surface area (Å²) >= 11 is 0. The lowest BCUT2D eigenvalue weighted by Gasteiger charge is -2.23. The highest BCUT2D eigenvalue weighted by molar-refractivity contribution is 6.04. The molecule has 184 valence electrons. The van der Waals surface area contributed by atoms with E-state index < -0.39 is 0 Å². The summed E-state index contributed by atoms with van der Waals surface area (Å²) in [6.45, 7) is 14.4. The predicted molar refractivity (Wildman–Crippen MR) is 142 cm³/mol. The van der Waals surface area contributed by atoms with E-state index in [4.69, 9.17) is 0 Å². The van der Waals surface area contributed by atoms with Crippen LogP contribution in [0.25, 0.3) is 0 Å². The van der Waals surface area contributed by atoms with E-state index in [1.165, 1.54) is 0 Å². The maximum Gasteiger partial charge on any atom is 0.323 e. The molecule has 1 unspecified atom stereocenters. The molecule has 3 N–H and O–H groups in total. The molecule has 1 aliphatic rings. The highest BCUT2D eigenvalue weighted by Crippen LogP contribution is 2.33. The number of amides is 3. The third-order valence-electron chi connectivity index (χ3n) is 6.55. The molecule has 1 heterocycles. The summed E-state index contributed by atoms with van der Waals surface area (Å²) in [5.74, 6) is 0.460. The van der Waals surface area contributed by atoms with Crippen molar-refractivity contribution in [1.29, 1.82) is 0 Å². The number of carbonyl (C=O) groups is 2. The number of nitrogens with zero attached hydrogens (tertiary/aromatic N) is 1. The van der Waals surface area contributed by atoms with Gasteiger partial charge in [-0.05, 0) is 67.3 Å². The zero-order chi connectivity index (χ0) is 24.8. The highest BCUT2D eigenvalue weighted by atomic mass is 16.2. The first kappa shape index (κ1) is 25.6. The van der Waals surface area contributed by atoms with E-state index in [2.05, 4.69) is 67.6 Å². The average Bonchev–Trinajstić information content (AvgIpc) is 3.33. The van der Waals surface area contributed by atoms with E-state index in [1.54, 1.807) is 6.07 Å².